The van der Waals surface area contributed by atoms with Gasteiger partial charge in [0.15, 0.2) is 6.61 Å². The van der Waals surface area contributed by atoms with Crippen LogP contribution in [0.25, 0.3) is 20.1 Å². The van der Waals surface area contributed by atoms with E-state index in [0.717, 1.165) is 25.7 Å². The topological polar surface area (TPSA) is 75.0 Å². The van der Waals surface area contributed by atoms with Crippen LogP contribution in [0.15, 0.2) is 60.7 Å². The van der Waals surface area contributed by atoms with Crippen molar-refractivity contribution < 1.29 is 9.53 Å². The normalized spacial score (nSPS) is 10.5. The summed E-state index contributed by atoms with van der Waals surface area (Å²) in [5.41, 5.74) is 1.88. The number of thiazole rings is 1. The van der Waals surface area contributed by atoms with Crippen LogP contribution in [-0.2, 0) is 6.54 Å². The third kappa shape index (κ3) is 4.03. The number of thiophene rings is 1. The minimum Gasteiger partial charge on any atom is -0.479 e. The number of fused-ring (bicyclic) bond motifs is 1. The summed E-state index contributed by atoms with van der Waals surface area (Å²) in [6.07, 6.45) is 0. The molecule has 2 heterocycles. The summed E-state index contributed by atoms with van der Waals surface area (Å²) in [5, 5.41) is 12.4. The number of hydrogen-bond donors (Lipinski definition) is 1. The van der Waals surface area contributed by atoms with E-state index in [1.54, 1.807) is 17.4 Å². The first-order valence-electron chi connectivity index (χ1n) is 8.55. The minimum atomic E-state index is -0.124. The number of para-hydroxylation sites is 1. The van der Waals surface area contributed by atoms with Crippen LogP contribution >= 0.6 is 22.7 Å². The number of amides is 1. The molecule has 28 heavy (non-hydrogen) atoms. The van der Waals surface area contributed by atoms with E-state index in [2.05, 4.69) is 10.3 Å². The maximum absolute atomic E-state index is 12.5. The molecule has 2 aromatic heterocycles. The van der Waals surface area contributed by atoms with Gasteiger partial charge in [-0.15, -0.1) is 22.7 Å². The molecule has 0 unspecified atom stereocenters. The van der Waals surface area contributed by atoms with Crippen molar-refractivity contribution in [3.63, 3.8) is 0 Å². The number of aromatic nitrogens is 1. The summed E-state index contributed by atoms with van der Waals surface area (Å²) in [5.74, 6) is 0.489. The number of carbonyl (C=O) groups is 1. The zero-order valence-corrected chi connectivity index (χ0v) is 16.3. The third-order valence-electron chi connectivity index (χ3n) is 3.99. The van der Waals surface area contributed by atoms with Crippen LogP contribution in [0, 0.1) is 11.3 Å². The molecule has 0 saturated carbocycles. The van der Waals surface area contributed by atoms with E-state index in [1.165, 1.54) is 11.3 Å². The van der Waals surface area contributed by atoms with Gasteiger partial charge in [-0.25, -0.2) is 4.98 Å². The van der Waals surface area contributed by atoms with Crippen molar-refractivity contribution in [3.8, 4) is 21.7 Å². The molecule has 0 aliphatic carbocycles. The number of rotatable bonds is 6. The highest BCUT2D eigenvalue weighted by atomic mass is 32.1. The summed E-state index contributed by atoms with van der Waals surface area (Å²) in [6, 6.07) is 21.1. The average Bonchev–Trinajstić information content (AvgIpc) is 3.37. The van der Waals surface area contributed by atoms with Gasteiger partial charge in [0.1, 0.15) is 16.8 Å². The fourth-order valence-electron chi connectivity index (χ4n) is 2.68. The fourth-order valence-corrected chi connectivity index (χ4v) is 4.63. The first-order chi connectivity index (χ1) is 13.7. The van der Waals surface area contributed by atoms with Crippen molar-refractivity contribution in [2.24, 2.45) is 0 Å². The second-order valence-corrected chi connectivity index (χ2v) is 8.04. The zero-order chi connectivity index (χ0) is 19.3. The fraction of sp³-hybridized carbons (Fsp3) is 0.0952. The van der Waals surface area contributed by atoms with E-state index in [1.807, 2.05) is 60.7 Å². The smallest absolute Gasteiger partial charge is 0.261 e. The molecular formula is C21H15N3O2S2. The number of ether oxygens (including phenoxy) is 1. The van der Waals surface area contributed by atoms with Crippen molar-refractivity contribution in [1.82, 2.24) is 10.3 Å². The van der Waals surface area contributed by atoms with E-state index in [-0.39, 0.29) is 12.5 Å². The van der Waals surface area contributed by atoms with Crippen molar-refractivity contribution in [3.05, 3.63) is 71.1 Å². The first kappa shape index (κ1) is 18.2. The Morgan fingerprint density at radius 1 is 1.11 bits per heavy atom. The summed E-state index contributed by atoms with van der Waals surface area (Å²) < 4.78 is 6.42. The monoisotopic (exact) mass is 405 g/mol. The van der Waals surface area contributed by atoms with Crippen LogP contribution in [0.4, 0.5) is 0 Å². The number of nitrogens with zero attached hydrogens (tertiary/aromatic N) is 2. The Morgan fingerprint density at radius 2 is 2.00 bits per heavy atom. The molecule has 0 aliphatic heterocycles. The molecule has 7 heteroatoms. The Morgan fingerprint density at radius 3 is 2.86 bits per heavy atom. The van der Waals surface area contributed by atoms with Crippen LogP contribution in [-0.4, -0.2) is 17.5 Å². The predicted molar refractivity (Wildman–Crippen MR) is 112 cm³/mol. The van der Waals surface area contributed by atoms with Crippen molar-refractivity contribution >= 4 is 38.8 Å². The van der Waals surface area contributed by atoms with Crippen molar-refractivity contribution in [2.45, 2.75) is 6.54 Å². The Hall–Kier alpha value is -3.21. The summed E-state index contributed by atoms with van der Waals surface area (Å²) in [6.45, 7) is 0.385. The molecule has 0 bridgehead atoms. The molecule has 0 fully saturated rings. The van der Waals surface area contributed by atoms with E-state index in [4.69, 9.17) is 10.00 Å². The minimum absolute atomic E-state index is 0.000445. The lowest BCUT2D eigenvalue weighted by Crippen LogP contribution is -2.21. The number of nitriles is 1. The van der Waals surface area contributed by atoms with Gasteiger partial charge in [-0.3, -0.25) is 4.79 Å². The van der Waals surface area contributed by atoms with Crippen LogP contribution in [0.1, 0.15) is 15.2 Å². The largest absolute Gasteiger partial charge is 0.479 e. The van der Waals surface area contributed by atoms with E-state index in [9.17, 15) is 4.79 Å². The van der Waals surface area contributed by atoms with Gasteiger partial charge in [-0.05, 0) is 42.0 Å². The van der Waals surface area contributed by atoms with E-state index in [0.29, 0.717) is 17.2 Å². The lowest BCUT2D eigenvalue weighted by molar-refractivity contribution is 0.0955. The summed E-state index contributed by atoms with van der Waals surface area (Å²) >= 11 is 3.06. The van der Waals surface area contributed by atoms with Gasteiger partial charge in [0, 0.05) is 6.54 Å². The van der Waals surface area contributed by atoms with Crippen LogP contribution < -0.4 is 10.1 Å². The summed E-state index contributed by atoms with van der Waals surface area (Å²) in [4.78, 5) is 18.8. The molecule has 0 atom stereocenters. The van der Waals surface area contributed by atoms with Gasteiger partial charge in [0.05, 0.1) is 20.0 Å². The highest BCUT2D eigenvalue weighted by Gasteiger charge is 2.13. The Labute approximate surface area is 169 Å². The number of benzene rings is 2. The molecular weight excluding hydrogens is 390 g/mol. The van der Waals surface area contributed by atoms with Gasteiger partial charge in [0.25, 0.3) is 5.91 Å². The maximum atomic E-state index is 12.5. The predicted octanol–water partition coefficient (Wildman–Crippen LogP) is 4.86. The summed E-state index contributed by atoms with van der Waals surface area (Å²) in [7, 11) is 0. The van der Waals surface area contributed by atoms with Gasteiger partial charge in [-0.1, -0.05) is 24.3 Å². The average molecular weight is 406 g/mol. The second-order valence-electron chi connectivity index (χ2n) is 5.93. The van der Waals surface area contributed by atoms with Gasteiger partial charge < -0.3 is 10.1 Å². The third-order valence-corrected chi connectivity index (χ3v) is 6.28. The molecule has 1 N–H and O–H groups in total. The zero-order valence-electron chi connectivity index (χ0n) is 14.7. The maximum Gasteiger partial charge on any atom is 0.261 e. The Bertz CT molecular complexity index is 1140. The number of carbonyl (C=O) groups excluding carboxylic acids is 1. The lowest BCUT2D eigenvalue weighted by atomic mass is 10.2. The molecule has 138 valence electrons. The molecule has 0 saturated heterocycles. The van der Waals surface area contributed by atoms with E-state index >= 15 is 0 Å². The molecule has 2 aromatic carbocycles. The van der Waals surface area contributed by atoms with Gasteiger partial charge in [-0.2, -0.15) is 5.26 Å². The highest BCUT2D eigenvalue weighted by molar-refractivity contribution is 7.26. The lowest BCUT2D eigenvalue weighted by Gasteiger charge is -2.06. The molecule has 0 aliphatic rings. The Kier molecular flexibility index (Phi) is 5.33. The van der Waals surface area contributed by atoms with Crippen LogP contribution in [0.2, 0.25) is 0 Å². The van der Waals surface area contributed by atoms with E-state index < -0.39 is 0 Å². The molecule has 0 spiro atoms. The SMILES string of the molecule is N#CCOc1cccc(CNC(=O)c2ccc(-c3nc4ccccc4s3)s2)c1. The number of nitrogens with one attached hydrogen (secondary N) is 1. The van der Waals surface area contributed by atoms with Gasteiger partial charge in [0.2, 0.25) is 0 Å². The van der Waals surface area contributed by atoms with Crippen molar-refractivity contribution in [1.29, 1.82) is 5.26 Å². The standard InChI is InChI=1S/C21H15N3O2S2/c22-10-11-26-15-5-3-4-14(12-15)13-23-20(25)18-8-9-19(27-18)21-24-16-6-1-2-7-17(16)28-21/h1-9,12H,11,13H2,(H,23,25). The Balaban J connectivity index is 1.43. The quantitative estimate of drug-likeness (QED) is 0.497. The number of hydrogen-bond acceptors (Lipinski definition) is 6. The highest BCUT2D eigenvalue weighted by Crippen LogP contribution is 2.34. The van der Waals surface area contributed by atoms with Crippen LogP contribution in [0.5, 0.6) is 5.75 Å². The van der Waals surface area contributed by atoms with Crippen LogP contribution in [0.3, 0.4) is 0 Å². The molecule has 1 amide bonds. The second kappa shape index (κ2) is 8.21. The molecule has 5 nitrogen and oxygen atoms in total. The first-order valence-corrected chi connectivity index (χ1v) is 10.2. The molecule has 4 rings (SSSR count). The van der Waals surface area contributed by atoms with Gasteiger partial charge >= 0.3 is 0 Å². The van der Waals surface area contributed by atoms with Crippen molar-refractivity contribution in [2.75, 3.05) is 6.61 Å². The molecule has 4 aromatic rings. The molecule has 0 radical (unpaired) electrons.